The number of pyridine rings is 1. The Morgan fingerprint density at radius 1 is 1.15 bits per heavy atom. The van der Waals surface area contributed by atoms with Gasteiger partial charge in [0.25, 0.3) is 5.56 Å². The molecule has 0 spiro atoms. The number of benzene rings is 1. The van der Waals surface area contributed by atoms with Gasteiger partial charge in [0.15, 0.2) is 5.65 Å². The summed E-state index contributed by atoms with van der Waals surface area (Å²) in [4.78, 5) is 22.2. The quantitative estimate of drug-likeness (QED) is 0.607. The normalized spacial score (nSPS) is 12.7. The summed E-state index contributed by atoms with van der Waals surface area (Å²) in [7, 11) is 1.66. The first-order valence-corrected chi connectivity index (χ1v) is 8.48. The minimum absolute atomic E-state index is 0.0475. The van der Waals surface area contributed by atoms with Crippen LogP contribution in [0.1, 0.15) is 11.1 Å². The van der Waals surface area contributed by atoms with Crippen LogP contribution < -0.4 is 10.3 Å². The SMILES string of the molecule is COc1ccc2c(c1)CCc1c-2nc2c(-c3ccccn3)c[nH]n2c1=O. The highest BCUT2D eigenvalue weighted by molar-refractivity contribution is 5.78. The van der Waals surface area contributed by atoms with Gasteiger partial charge in [-0.05, 0) is 48.7 Å². The van der Waals surface area contributed by atoms with Crippen molar-refractivity contribution in [3.8, 4) is 28.3 Å². The number of fused-ring (bicyclic) bond motifs is 4. The summed E-state index contributed by atoms with van der Waals surface area (Å²) in [6, 6.07) is 11.6. The molecule has 6 heteroatoms. The maximum Gasteiger partial charge on any atom is 0.276 e. The zero-order chi connectivity index (χ0) is 17.7. The summed E-state index contributed by atoms with van der Waals surface area (Å²) < 4.78 is 6.84. The number of hydrogen-bond acceptors (Lipinski definition) is 4. The zero-order valence-electron chi connectivity index (χ0n) is 14.2. The number of ether oxygens (including phenoxy) is 1. The molecule has 1 aromatic carbocycles. The van der Waals surface area contributed by atoms with Gasteiger partial charge < -0.3 is 4.74 Å². The van der Waals surface area contributed by atoms with Gasteiger partial charge in [-0.3, -0.25) is 14.9 Å². The van der Waals surface area contributed by atoms with E-state index in [9.17, 15) is 4.79 Å². The standard InChI is InChI=1S/C20H16N4O2/c1-26-13-6-8-14-12(10-13)5-7-15-18(14)23-19-16(11-22-24(19)20(15)25)17-4-2-3-9-21-17/h2-4,6,8-11,22H,5,7H2,1H3. The van der Waals surface area contributed by atoms with Crippen molar-refractivity contribution in [2.45, 2.75) is 12.8 Å². The topological polar surface area (TPSA) is 72.3 Å². The minimum Gasteiger partial charge on any atom is -0.497 e. The van der Waals surface area contributed by atoms with Crippen molar-refractivity contribution in [3.05, 3.63) is 70.3 Å². The van der Waals surface area contributed by atoms with Gasteiger partial charge in [0, 0.05) is 23.5 Å². The molecule has 3 heterocycles. The molecule has 0 fully saturated rings. The van der Waals surface area contributed by atoms with Crippen LogP contribution in [0.5, 0.6) is 5.75 Å². The van der Waals surface area contributed by atoms with E-state index in [2.05, 4.69) is 10.1 Å². The predicted molar refractivity (Wildman–Crippen MR) is 98.4 cm³/mol. The van der Waals surface area contributed by atoms with Gasteiger partial charge in [-0.2, -0.15) is 0 Å². The van der Waals surface area contributed by atoms with Crippen molar-refractivity contribution in [1.29, 1.82) is 0 Å². The Morgan fingerprint density at radius 3 is 2.88 bits per heavy atom. The van der Waals surface area contributed by atoms with Gasteiger partial charge in [-0.15, -0.1) is 0 Å². The average molecular weight is 344 g/mol. The van der Waals surface area contributed by atoms with Crippen LogP contribution in [0, 0.1) is 0 Å². The molecule has 0 atom stereocenters. The van der Waals surface area contributed by atoms with E-state index in [4.69, 9.17) is 9.72 Å². The third-order valence-corrected chi connectivity index (χ3v) is 4.91. The molecule has 6 nitrogen and oxygen atoms in total. The minimum atomic E-state index is -0.0475. The number of hydrogen-bond donors (Lipinski definition) is 1. The van der Waals surface area contributed by atoms with Crippen LogP contribution in [0.3, 0.4) is 0 Å². The Kier molecular flexibility index (Phi) is 3.18. The lowest BCUT2D eigenvalue weighted by atomic mass is 9.89. The molecule has 0 radical (unpaired) electrons. The average Bonchev–Trinajstić information content (AvgIpc) is 3.12. The summed E-state index contributed by atoms with van der Waals surface area (Å²) in [5, 5.41) is 3.03. The van der Waals surface area contributed by atoms with Crippen molar-refractivity contribution in [2.75, 3.05) is 7.11 Å². The van der Waals surface area contributed by atoms with Gasteiger partial charge in [-0.1, -0.05) is 6.07 Å². The lowest BCUT2D eigenvalue weighted by Gasteiger charge is -2.19. The Morgan fingerprint density at radius 2 is 2.08 bits per heavy atom. The lowest BCUT2D eigenvalue weighted by Crippen LogP contribution is -2.24. The third-order valence-electron chi connectivity index (χ3n) is 4.91. The van der Waals surface area contributed by atoms with Crippen molar-refractivity contribution in [3.63, 3.8) is 0 Å². The van der Waals surface area contributed by atoms with E-state index in [1.54, 1.807) is 19.5 Å². The summed E-state index contributed by atoms with van der Waals surface area (Å²) in [5.74, 6) is 0.820. The number of aromatic amines is 1. The van der Waals surface area contributed by atoms with Crippen molar-refractivity contribution >= 4 is 5.65 Å². The molecule has 0 amide bonds. The summed E-state index contributed by atoms with van der Waals surface area (Å²) in [5.41, 5.74) is 5.80. The van der Waals surface area contributed by atoms with E-state index >= 15 is 0 Å². The molecular weight excluding hydrogens is 328 g/mol. The molecule has 26 heavy (non-hydrogen) atoms. The fourth-order valence-corrected chi connectivity index (χ4v) is 3.60. The second-order valence-electron chi connectivity index (χ2n) is 6.33. The van der Waals surface area contributed by atoms with Crippen molar-refractivity contribution in [1.82, 2.24) is 19.6 Å². The molecule has 4 aromatic rings. The molecule has 128 valence electrons. The molecule has 3 aromatic heterocycles. The largest absolute Gasteiger partial charge is 0.497 e. The van der Waals surface area contributed by atoms with E-state index < -0.39 is 0 Å². The molecular formula is C20H16N4O2. The molecule has 0 saturated heterocycles. The number of nitrogens with one attached hydrogen (secondary N) is 1. The van der Waals surface area contributed by atoms with E-state index in [-0.39, 0.29) is 5.56 Å². The van der Waals surface area contributed by atoms with Crippen LogP contribution >= 0.6 is 0 Å². The van der Waals surface area contributed by atoms with Gasteiger partial charge in [0.1, 0.15) is 5.75 Å². The Bertz CT molecular complexity index is 1190. The Labute approximate surface area is 149 Å². The number of aromatic nitrogens is 4. The number of H-pyrrole nitrogens is 1. The maximum atomic E-state index is 13.0. The first-order chi connectivity index (χ1) is 12.8. The van der Waals surface area contributed by atoms with Gasteiger partial charge >= 0.3 is 0 Å². The molecule has 5 rings (SSSR count). The van der Waals surface area contributed by atoms with E-state index in [1.807, 2.05) is 36.4 Å². The highest BCUT2D eigenvalue weighted by atomic mass is 16.5. The monoisotopic (exact) mass is 344 g/mol. The van der Waals surface area contributed by atoms with Crippen LogP contribution in [0.15, 0.2) is 53.6 Å². The van der Waals surface area contributed by atoms with Crippen LogP contribution in [0.25, 0.3) is 28.2 Å². The van der Waals surface area contributed by atoms with E-state index in [0.29, 0.717) is 12.1 Å². The molecule has 1 aliphatic rings. The Balaban J connectivity index is 1.79. The number of methoxy groups -OCH3 is 1. The smallest absolute Gasteiger partial charge is 0.276 e. The van der Waals surface area contributed by atoms with Crippen molar-refractivity contribution in [2.24, 2.45) is 0 Å². The second kappa shape index (κ2) is 5.56. The Hall–Kier alpha value is -3.41. The lowest BCUT2D eigenvalue weighted by molar-refractivity contribution is 0.414. The van der Waals surface area contributed by atoms with Gasteiger partial charge in [0.2, 0.25) is 0 Å². The fourth-order valence-electron chi connectivity index (χ4n) is 3.60. The first-order valence-electron chi connectivity index (χ1n) is 8.48. The second-order valence-corrected chi connectivity index (χ2v) is 6.33. The number of nitrogens with zero attached hydrogens (tertiary/aromatic N) is 3. The maximum absolute atomic E-state index is 13.0. The summed E-state index contributed by atoms with van der Waals surface area (Å²) in [6.45, 7) is 0. The van der Waals surface area contributed by atoms with Crippen LogP contribution in [0.2, 0.25) is 0 Å². The number of aryl methyl sites for hydroxylation is 1. The molecule has 0 unspecified atom stereocenters. The van der Waals surface area contributed by atoms with Crippen molar-refractivity contribution < 1.29 is 4.74 Å². The zero-order valence-corrected chi connectivity index (χ0v) is 14.2. The fraction of sp³-hybridized carbons (Fsp3) is 0.150. The summed E-state index contributed by atoms with van der Waals surface area (Å²) in [6.07, 6.45) is 4.99. The van der Waals surface area contributed by atoms with E-state index in [1.165, 1.54) is 4.52 Å². The molecule has 1 N–H and O–H groups in total. The number of rotatable bonds is 2. The first kappa shape index (κ1) is 14.9. The highest BCUT2D eigenvalue weighted by Gasteiger charge is 2.24. The van der Waals surface area contributed by atoms with Crippen LogP contribution in [0.4, 0.5) is 0 Å². The van der Waals surface area contributed by atoms with Gasteiger partial charge in [-0.25, -0.2) is 9.50 Å². The van der Waals surface area contributed by atoms with Gasteiger partial charge in [0.05, 0.1) is 24.1 Å². The molecule has 0 saturated carbocycles. The molecule has 0 aliphatic heterocycles. The highest BCUT2D eigenvalue weighted by Crippen LogP contribution is 2.34. The summed E-state index contributed by atoms with van der Waals surface area (Å²) >= 11 is 0. The molecule has 1 aliphatic carbocycles. The van der Waals surface area contributed by atoms with Crippen LogP contribution in [-0.2, 0) is 12.8 Å². The predicted octanol–water partition coefficient (Wildman–Crippen LogP) is 2.86. The van der Waals surface area contributed by atoms with Crippen LogP contribution in [-0.4, -0.2) is 26.7 Å². The van der Waals surface area contributed by atoms with E-state index in [0.717, 1.165) is 45.8 Å². The third kappa shape index (κ3) is 2.08. The molecule has 0 bridgehead atoms.